The highest BCUT2D eigenvalue weighted by Crippen LogP contribution is 2.34. The smallest absolute Gasteiger partial charge is 0.267 e. The summed E-state index contributed by atoms with van der Waals surface area (Å²) in [7, 11) is 0. The number of rotatable bonds is 8. The van der Waals surface area contributed by atoms with E-state index < -0.39 is 0 Å². The number of hydrogen-bond acceptors (Lipinski definition) is 7. The largest absolute Gasteiger partial charge is 0.379 e. The van der Waals surface area contributed by atoms with Crippen LogP contribution >= 0.6 is 24.0 Å². The van der Waals surface area contributed by atoms with Crippen LogP contribution in [0.4, 0.5) is 5.82 Å². The Labute approximate surface area is 185 Å². The third-order valence-corrected chi connectivity index (χ3v) is 5.78. The van der Waals surface area contributed by atoms with Crippen molar-refractivity contribution in [3.05, 3.63) is 45.2 Å². The number of nitrogens with zero attached hydrogens (tertiary/aromatic N) is 3. The fourth-order valence-corrected chi connectivity index (χ4v) is 4.53. The normalized spacial score (nSPS) is 15.9. The molecule has 2 aromatic heterocycles. The minimum Gasteiger partial charge on any atom is -0.379 e. The van der Waals surface area contributed by atoms with Crippen molar-refractivity contribution in [1.29, 1.82) is 0 Å². The van der Waals surface area contributed by atoms with E-state index in [0.29, 0.717) is 39.4 Å². The van der Waals surface area contributed by atoms with Crippen LogP contribution in [0.25, 0.3) is 11.7 Å². The maximum atomic E-state index is 13.2. The van der Waals surface area contributed by atoms with Gasteiger partial charge in [0.2, 0.25) is 0 Å². The Morgan fingerprint density at radius 2 is 2.03 bits per heavy atom. The Balaban J connectivity index is 1.96. The van der Waals surface area contributed by atoms with Crippen LogP contribution in [0.3, 0.4) is 0 Å². The summed E-state index contributed by atoms with van der Waals surface area (Å²) >= 11 is 6.56. The lowest BCUT2D eigenvalue weighted by molar-refractivity contribution is -0.123. The summed E-state index contributed by atoms with van der Waals surface area (Å²) in [4.78, 5) is 32.6. The number of anilines is 1. The lowest BCUT2D eigenvalue weighted by Crippen LogP contribution is -2.34. The first-order chi connectivity index (χ1) is 14.3. The summed E-state index contributed by atoms with van der Waals surface area (Å²) in [6.45, 7) is 9.00. The van der Waals surface area contributed by atoms with Crippen molar-refractivity contribution in [1.82, 2.24) is 14.3 Å². The molecule has 0 spiro atoms. The monoisotopic (exact) mass is 446 g/mol. The van der Waals surface area contributed by atoms with Crippen LogP contribution in [0.15, 0.2) is 34.1 Å². The summed E-state index contributed by atoms with van der Waals surface area (Å²) in [5.41, 5.74) is 0.638. The Morgan fingerprint density at radius 1 is 1.27 bits per heavy atom. The number of amides is 1. The predicted octanol–water partition coefficient (Wildman–Crippen LogP) is 3.53. The number of carbonyl (C=O) groups excluding carboxylic acids is 1. The molecule has 1 aliphatic heterocycles. The number of thiocarbonyl (C=S) groups is 1. The van der Waals surface area contributed by atoms with Crippen molar-refractivity contribution in [3.63, 3.8) is 0 Å². The van der Waals surface area contributed by atoms with E-state index in [1.807, 2.05) is 33.8 Å². The van der Waals surface area contributed by atoms with E-state index >= 15 is 0 Å². The number of ether oxygens (including phenoxy) is 1. The summed E-state index contributed by atoms with van der Waals surface area (Å²) < 4.78 is 7.54. The first-order valence-electron chi connectivity index (χ1n) is 9.93. The molecule has 1 N–H and O–H groups in total. The van der Waals surface area contributed by atoms with Crippen LogP contribution in [-0.4, -0.2) is 49.8 Å². The van der Waals surface area contributed by atoms with Crippen LogP contribution < -0.4 is 10.9 Å². The Hall–Kier alpha value is -2.23. The quantitative estimate of drug-likeness (QED) is 0.378. The van der Waals surface area contributed by atoms with E-state index in [2.05, 4.69) is 10.3 Å². The van der Waals surface area contributed by atoms with Crippen LogP contribution in [0.2, 0.25) is 0 Å². The van der Waals surface area contributed by atoms with Crippen LogP contribution in [-0.2, 0) is 9.53 Å². The average molecular weight is 447 g/mol. The minimum absolute atomic E-state index is 0.0437. The van der Waals surface area contributed by atoms with Gasteiger partial charge in [0, 0.05) is 25.4 Å². The highest BCUT2D eigenvalue weighted by Gasteiger charge is 2.34. The lowest BCUT2D eigenvalue weighted by atomic mass is 10.2. The molecule has 1 amide bonds. The van der Waals surface area contributed by atoms with Crippen molar-refractivity contribution < 1.29 is 9.53 Å². The van der Waals surface area contributed by atoms with Crippen molar-refractivity contribution >= 4 is 51.7 Å². The molecule has 0 unspecified atom stereocenters. The predicted molar refractivity (Wildman–Crippen MR) is 126 cm³/mol. The first kappa shape index (κ1) is 22.5. The zero-order valence-electron chi connectivity index (χ0n) is 17.5. The summed E-state index contributed by atoms with van der Waals surface area (Å²) in [6.07, 6.45) is 4.21. The molecule has 0 atom stereocenters. The molecule has 1 aliphatic rings. The fraction of sp³-hybridized carbons (Fsp3) is 0.429. The molecule has 0 aromatic carbocycles. The standard InChI is InChI=1S/C21H26N4O3S2/c1-13(2)25-20(27)16(30-21(25)29)12-15-18(22-9-7-11-28-14(3)4)23-17-8-5-6-10-24(17)19(15)26/h5-6,8,10,12-14,22H,7,9,11H2,1-4H3. The van der Waals surface area contributed by atoms with E-state index in [0.717, 1.165) is 6.42 Å². The number of pyridine rings is 1. The number of hydrogen-bond donors (Lipinski definition) is 1. The van der Waals surface area contributed by atoms with Gasteiger partial charge in [-0.2, -0.15) is 0 Å². The molecular formula is C21H26N4O3S2. The second-order valence-electron chi connectivity index (χ2n) is 7.45. The van der Waals surface area contributed by atoms with Crippen molar-refractivity contribution in [2.75, 3.05) is 18.5 Å². The molecule has 0 saturated carbocycles. The summed E-state index contributed by atoms with van der Waals surface area (Å²) in [5.74, 6) is 0.263. The minimum atomic E-state index is -0.239. The lowest BCUT2D eigenvalue weighted by Gasteiger charge is -2.18. The Bertz CT molecular complexity index is 1050. The second-order valence-corrected chi connectivity index (χ2v) is 9.13. The maximum absolute atomic E-state index is 13.2. The zero-order chi connectivity index (χ0) is 21.8. The molecule has 7 nitrogen and oxygen atoms in total. The molecule has 3 heterocycles. The van der Waals surface area contributed by atoms with Crippen LogP contribution in [0.1, 0.15) is 39.7 Å². The van der Waals surface area contributed by atoms with Gasteiger partial charge in [-0.15, -0.1) is 0 Å². The molecule has 0 radical (unpaired) electrons. The molecule has 3 rings (SSSR count). The summed E-state index contributed by atoms with van der Waals surface area (Å²) in [6, 6.07) is 5.33. The van der Waals surface area contributed by atoms with Crippen molar-refractivity contribution in [3.8, 4) is 0 Å². The Morgan fingerprint density at radius 3 is 2.70 bits per heavy atom. The van der Waals surface area contributed by atoms with Gasteiger partial charge in [-0.25, -0.2) is 4.98 Å². The molecule has 9 heteroatoms. The fourth-order valence-electron chi connectivity index (χ4n) is 3.02. The second kappa shape index (κ2) is 9.72. The SMILES string of the molecule is CC(C)OCCCNc1nc2ccccn2c(=O)c1C=C1SC(=S)N(C(C)C)C1=O. The summed E-state index contributed by atoms with van der Waals surface area (Å²) in [5, 5.41) is 3.24. The van der Waals surface area contributed by atoms with Crippen molar-refractivity contribution in [2.24, 2.45) is 0 Å². The van der Waals surface area contributed by atoms with Gasteiger partial charge >= 0.3 is 0 Å². The highest BCUT2D eigenvalue weighted by atomic mass is 32.2. The molecule has 160 valence electrons. The van der Waals surface area contributed by atoms with Crippen LogP contribution in [0, 0.1) is 0 Å². The van der Waals surface area contributed by atoms with Crippen molar-refractivity contribution in [2.45, 2.75) is 46.3 Å². The topological polar surface area (TPSA) is 75.9 Å². The van der Waals surface area contributed by atoms with Gasteiger partial charge in [-0.05, 0) is 52.3 Å². The van der Waals surface area contributed by atoms with E-state index in [-0.39, 0.29) is 23.6 Å². The van der Waals surface area contributed by atoms with Crippen LogP contribution in [0.5, 0.6) is 0 Å². The van der Waals surface area contributed by atoms with Gasteiger partial charge in [0.1, 0.15) is 15.8 Å². The highest BCUT2D eigenvalue weighted by molar-refractivity contribution is 8.26. The Kier molecular flexibility index (Phi) is 7.27. The van der Waals surface area contributed by atoms with E-state index in [1.165, 1.54) is 16.2 Å². The molecule has 0 bridgehead atoms. The van der Waals surface area contributed by atoms with E-state index in [4.69, 9.17) is 17.0 Å². The first-order valence-corrected chi connectivity index (χ1v) is 11.2. The molecule has 2 aromatic rings. The molecule has 1 fully saturated rings. The van der Waals surface area contributed by atoms with Gasteiger partial charge in [0.25, 0.3) is 11.5 Å². The van der Waals surface area contributed by atoms with Gasteiger partial charge in [0.15, 0.2) is 0 Å². The molecule has 30 heavy (non-hydrogen) atoms. The van der Waals surface area contributed by atoms with Gasteiger partial charge in [-0.1, -0.05) is 30.0 Å². The number of aromatic nitrogens is 2. The third-order valence-electron chi connectivity index (χ3n) is 4.45. The van der Waals surface area contributed by atoms with E-state index in [9.17, 15) is 9.59 Å². The van der Waals surface area contributed by atoms with Gasteiger partial charge in [-0.3, -0.25) is 18.9 Å². The molecule has 1 saturated heterocycles. The number of thioether (sulfide) groups is 1. The van der Waals surface area contributed by atoms with Gasteiger partial charge in [0.05, 0.1) is 16.6 Å². The number of carbonyl (C=O) groups is 1. The zero-order valence-corrected chi connectivity index (χ0v) is 19.2. The van der Waals surface area contributed by atoms with E-state index in [1.54, 1.807) is 29.3 Å². The van der Waals surface area contributed by atoms with Gasteiger partial charge < -0.3 is 10.1 Å². The maximum Gasteiger partial charge on any atom is 0.267 e. The number of nitrogens with one attached hydrogen (secondary N) is 1. The molecule has 0 aliphatic carbocycles. The number of fused-ring (bicyclic) bond motifs is 1. The third kappa shape index (κ3) is 4.91. The average Bonchev–Trinajstić information content (AvgIpc) is 2.97. The molecular weight excluding hydrogens is 420 g/mol.